The molecule has 2 bridgehead atoms. The molecule has 4 rings (SSSR count). The van der Waals surface area contributed by atoms with Crippen LogP contribution in [0.1, 0.15) is 49.4 Å². The Morgan fingerprint density at radius 1 is 1.11 bits per heavy atom. The number of piperazine rings is 1. The molecule has 7 nitrogen and oxygen atoms in total. The first-order valence-corrected chi connectivity index (χ1v) is 11.9. The number of fused-ring (bicyclic) bond motifs is 2. The van der Waals surface area contributed by atoms with Crippen LogP contribution in [0.25, 0.3) is 0 Å². The molecule has 3 saturated heterocycles. The predicted octanol–water partition coefficient (Wildman–Crippen LogP) is 3.16. The van der Waals surface area contributed by atoms with Gasteiger partial charge in [-0.25, -0.2) is 0 Å². The van der Waals surface area contributed by atoms with E-state index < -0.39 is 59.6 Å². The van der Waals surface area contributed by atoms with Gasteiger partial charge in [-0.15, -0.1) is 0 Å². The van der Waals surface area contributed by atoms with Crippen LogP contribution >= 0.6 is 0 Å². The maximum Gasteiger partial charge on any atom is 0.416 e. The molecular formula is C24H27F6N5O2. The number of alkyl halides is 6. The summed E-state index contributed by atoms with van der Waals surface area (Å²) in [5.41, 5.74) is 3.02. The van der Waals surface area contributed by atoms with Crippen molar-refractivity contribution in [3.8, 4) is 6.07 Å². The van der Waals surface area contributed by atoms with E-state index >= 15 is 0 Å². The quantitative estimate of drug-likeness (QED) is 0.590. The van der Waals surface area contributed by atoms with Crippen molar-refractivity contribution in [2.24, 2.45) is 11.7 Å². The zero-order valence-corrected chi connectivity index (χ0v) is 20.2. The summed E-state index contributed by atoms with van der Waals surface area (Å²) in [6, 6.07) is -0.223. The second kappa shape index (κ2) is 9.47. The molecule has 3 aliphatic rings. The van der Waals surface area contributed by atoms with E-state index in [1.165, 1.54) is 16.7 Å². The van der Waals surface area contributed by atoms with Gasteiger partial charge < -0.3 is 15.5 Å². The van der Waals surface area contributed by atoms with Gasteiger partial charge in [0.05, 0.1) is 35.3 Å². The van der Waals surface area contributed by atoms with Gasteiger partial charge in [0.15, 0.2) is 0 Å². The monoisotopic (exact) mass is 531 g/mol. The molecule has 6 unspecified atom stereocenters. The first kappa shape index (κ1) is 27.2. The van der Waals surface area contributed by atoms with Crippen molar-refractivity contribution in [3.63, 3.8) is 0 Å². The van der Waals surface area contributed by atoms with Gasteiger partial charge >= 0.3 is 12.4 Å². The van der Waals surface area contributed by atoms with Crippen LogP contribution in [0.2, 0.25) is 0 Å². The lowest BCUT2D eigenvalue weighted by atomic mass is 9.98. The minimum absolute atomic E-state index is 0.0543. The van der Waals surface area contributed by atoms with Crippen LogP contribution in [0.3, 0.4) is 0 Å². The van der Waals surface area contributed by atoms with Crippen LogP contribution in [0.4, 0.5) is 26.3 Å². The van der Waals surface area contributed by atoms with Crippen molar-refractivity contribution in [2.75, 3.05) is 19.6 Å². The van der Waals surface area contributed by atoms with Crippen LogP contribution in [0.15, 0.2) is 18.2 Å². The fourth-order valence-electron chi connectivity index (χ4n) is 5.74. The average Bonchev–Trinajstić information content (AvgIpc) is 3.48. The summed E-state index contributed by atoms with van der Waals surface area (Å²) >= 11 is 0. The smallest absolute Gasteiger partial charge is 0.330 e. The molecular weight excluding hydrogens is 504 g/mol. The SMILES string of the molecule is CC1CC(C#N)N(C(=O)C(N)CN2CC3CC2C(=O)N3C(C)c2cc(C(F)(F)F)cc(C(F)(F)F)c2)C1. The van der Waals surface area contributed by atoms with Gasteiger partial charge in [-0.1, -0.05) is 6.92 Å². The first-order valence-electron chi connectivity index (χ1n) is 11.9. The number of rotatable bonds is 5. The van der Waals surface area contributed by atoms with Gasteiger partial charge in [0, 0.05) is 25.7 Å². The van der Waals surface area contributed by atoms with Crippen LogP contribution in [0, 0.1) is 17.2 Å². The van der Waals surface area contributed by atoms with Gasteiger partial charge in [-0.2, -0.15) is 31.6 Å². The van der Waals surface area contributed by atoms with Crippen molar-refractivity contribution >= 4 is 11.8 Å². The fourth-order valence-corrected chi connectivity index (χ4v) is 5.74. The summed E-state index contributed by atoms with van der Waals surface area (Å²) in [5.74, 6) is -0.659. The van der Waals surface area contributed by atoms with Gasteiger partial charge in [0.2, 0.25) is 11.8 Å². The normalized spacial score (nSPS) is 28.1. The Kier molecular flexibility index (Phi) is 6.96. The Morgan fingerprint density at radius 2 is 1.70 bits per heavy atom. The van der Waals surface area contributed by atoms with E-state index in [-0.39, 0.29) is 36.5 Å². The Balaban J connectivity index is 1.48. The van der Waals surface area contributed by atoms with Crippen LogP contribution in [-0.2, 0) is 21.9 Å². The minimum atomic E-state index is -4.99. The Labute approximate surface area is 209 Å². The summed E-state index contributed by atoms with van der Waals surface area (Å²) in [7, 11) is 0. The van der Waals surface area contributed by atoms with Crippen LogP contribution < -0.4 is 5.73 Å². The predicted molar refractivity (Wildman–Crippen MR) is 118 cm³/mol. The van der Waals surface area contributed by atoms with Crippen molar-refractivity contribution in [1.82, 2.24) is 14.7 Å². The third kappa shape index (κ3) is 5.13. The zero-order chi connectivity index (χ0) is 27.4. The van der Waals surface area contributed by atoms with E-state index in [1.807, 2.05) is 6.92 Å². The Hall–Kier alpha value is -2.85. The molecule has 3 aliphatic heterocycles. The minimum Gasteiger partial charge on any atom is -0.330 e. The maximum absolute atomic E-state index is 13.3. The Bertz CT molecular complexity index is 1080. The average molecular weight is 532 g/mol. The second-order valence-corrected chi connectivity index (χ2v) is 10.2. The highest BCUT2D eigenvalue weighted by atomic mass is 19.4. The molecule has 1 aromatic carbocycles. The van der Waals surface area contributed by atoms with Crippen molar-refractivity contribution in [3.05, 3.63) is 34.9 Å². The summed E-state index contributed by atoms with van der Waals surface area (Å²) in [4.78, 5) is 30.5. The maximum atomic E-state index is 13.3. The van der Waals surface area contributed by atoms with Crippen molar-refractivity contribution < 1.29 is 35.9 Å². The molecule has 0 radical (unpaired) electrons. The fraction of sp³-hybridized carbons (Fsp3) is 0.625. The van der Waals surface area contributed by atoms with Crippen LogP contribution in [-0.4, -0.2) is 70.3 Å². The molecule has 2 amide bonds. The van der Waals surface area contributed by atoms with Gasteiger partial charge in [-0.3, -0.25) is 14.5 Å². The first-order chi connectivity index (χ1) is 17.1. The number of amides is 2. The number of carbonyl (C=O) groups excluding carboxylic acids is 2. The molecule has 3 fully saturated rings. The van der Waals surface area contributed by atoms with Crippen molar-refractivity contribution in [2.45, 2.75) is 69.3 Å². The van der Waals surface area contributed by atoms with E-state index in [9.17, 15) is 41.2 Å². The molecule has 2 N–H and O–H groups in total. The number of carbonyl (C=O) groups is 2. The van der Waals surface area contributed by atoms with Gasteiger partial charge in [0.1, 0.15) is 6.04 Å². The van der Waals surface area contributed by atoms with Gasteiger partial charge in [-0.05, 0) is 49.4 Å². The third-order valence-corrected chi connectivity index (χ3v) is 7.51. The third-order valence-electron chi connectivity index (χ3n) is 7.51. The lowest BCUT2D eigenvalue weighted by molar-refractivity contribution is -0.143. The highest BCUT2D eigenvalue weighted by Gasteiger charge is 2.52. The van der Waals surface area contributed by atoms with E-state index in [1.54, 1.807) is 4.90 Å². The lowest BCUT2D eigenvalue weighted by Gasteiger charge is -2.38. The topological polar surface area (TPSA) is 93.7 Å². The number of nitrogens with two attached hydrogens (primary N) is 1. The highest BCUT2D eigenvalue weighted by molar-refractivity contribution is 5.87. The lowest BCUT2D eigenvalue weighted by Crippen LogP contribution is -2.56. The molecule has 202 valence electrons. The molecule has 13 heteroatoms. The van der Waals surface area contributed by atoms with Crippen LogP contribution in [0.5, 0.6) is 0 Å². The van der Waals surface area contributed by atoms with E-state index in [4.69, 9.17) is 5.73 Å². The number of halogens is 6. The number of likely N-dealkylation sites (tertiary alicyclic amines) is 3. The Morgan fingerprint density at radius 3 is 2.22 bits per heavy atom. The van der Waals surface area contributed by atoms with E-state index in [2.05, 4.69) is 6.07 Å². The zero-order valence-electron chi connectivity index (χ0n) is 20.2. The summed E-state index contributed by atoms with van der Waals surface area (Å²) < 4.78 is 79.8. The number of hydrogen-bond acceptors (Lipinski definition) is 5. The second-order valence-electron chi connectivity index (χ2n) is 10.2. The molecule has 37 heavy (non-hydrogen) atoms. The molecule has 0 aliphatic carbocycles. The molecule has 1 aromatic rings. The summed E-state index contributed by atoms with van der Waals surface area (Å²) in [6.45, 7) is 4.09. The highest BCUT2D eigenvalue weighted by Crippen LogP contribution is 2.42. The number of hydrogen-bond donors (Lipinski definition) is 1. The largest absolute Gasteiger partial charge is 0.416 e. The molecule has 0 saturated carbocycles. The standard InChI is InChI=1S/C24H27F6N5O2/c1-12-3-17(8-31)34(9-12)21(36)19(32)11-33-10-18-7-20(33)22(37)35(18)13(2)14-4-15(23(25,26)27)6-16(5-14)24(28,29)30/h4-6,12-13,17-20H,3,7,9-11,32H2,1-2H3. The van der Waals surface area contributed by atoms with Crippen molar-refractivity contribution in [1.29, 1.82) is 5.26 Å². The number of nitriles is 1. The molecule has 0 aromatic heterocycles. The molecule has 6 atom stereocenters. The summed E-state index contributed by atoms with van der Waals surface area (Å²) in [5, 5.41) is 9.32. The van der Waals surface area contributed by atoms with E-state index in [0.717, 1.165) is 0 Å². The van der Waals surface area contributed by atoms with Gasteiger partial charge in [0.25, 0.3) is 0 Å². The molecule has 0 spiro atoms. The number of nitrogens with zero attached hydrogens (tertiary/aromatic N) is 4. The van der Waals surface area contributed by atoms with E-state index in [0.29, 0.717) is 31.5 Å². The summed E-state index contributed by atoms with van der Waals surface area (Å²) in [6.07, 6.45) is -9.08. The number of benzene rings is 1. The molecule has 3 heterocycles.